The predicted octanol–water partition coefficient (Wildman–Crippen LogP) is 3.94. The lowest BCUT2D eigenvalue weighted by Crippen LogP contribution is -2.46. The highest BCUT2D eigenvalue weighted by Gasteiger charge is 2.37. The highest BCUT2D eigenvalue weighted by atomic mass is 19.1. The van der Waals surface area contributed by atoms with Crippen LogP contribution in [0.4, 0.5) is 4.39 Å². The number of carbonyl (C=O) groups is 2. The Balaban J connectivity index is 1.33. The minimum absolute atomic E-state index is 0.101. The normalized spacial score (nSPS) is 18.6. The molecule has 1 fully saturated rings. The Labute approximate surface area is 228 Å². The minimum Gasteiger partial charge on any atom is -0.492 e. The molecular weight excluding hydrogens is 497 g/mol. The molecule has 1 aromatic heterocycles. The number of para-hydroxylation sites is 1. The van der Waals surface area contributed by atoms with Crippen LogP contribution >= 0.6 is 0 Å². The first-order chi connectivity index (χ1) is 19.0. The molecule has 0 bridgehead atoms. The number of rotatable bonds is 3. The summed E-state index contributed by atoms with van der Waals surface area (Å²) >= 11 is 0. The predicted molar refractivity (Wildman–Crippen MR) is 145 cm³/mol. The van der Waals surface area contributed by atoms with Crippen molar-refractivity contribution in [2.24, 2.45) is 5.41 Å². The van der Waals surface area contributed by atoms with Crippen molar-refractivity contribution >= 4 is 11.8 Å². The van der Waals surface area contributed by atoms with Crippen LogP contribution in [0.5, 0.6) is 5.75 Å². The lowest BCUT2D eigenvalue weighted by Gasteiger charge is -2.42. The van der Waals surface area contributed by atoms with E-state index in [1.807, 2.05) is 35.2 Å². The second-order valence-corrected chi connectivity index (χ2v) is 10.4. The third-order valence-corrected chi connectivity index (χ3v) is 7.77. The fourth-order valence-corrected chi connectivity index (χ4v) is 5.45. The Morgan fingerprint density at radius 3 is 2.56 bits per heavy atom. The molecule has 0 saturated carbocycles. The summed E-state index contributed by atoms with van der Waals surface area (Å²) in [6.45, 7) is 4.39. The monoisotopic (exact) mass is 531 g/mol. The van der Waals surface area contributed by atoms with E-state index in [1.54, 1.807) is 12.3 Å². The van der Waals surface area contributed by atoms with Gasteiger partial charge in [0.1, 0.15) is 17.3 Å². The minimum atomic E-state index is -0.249. The van der Waals surface area contributed by atoms with Crippen LogP contribution in [0, 0.1) is 11.2 Å². The zero-order chi connectivity index (χ0) is 27.1. The van der Waals surface area contributed by atoms with Gasteiger partial charge in [0, 0.05) is 50.5 Å². The molecule has 2 amide bonds. The standard InChI is InChI=1S/C30H34FN5O3/c31-24-8-6-23(7-9-24)21-35-16-3-10-30(11-17-36(18-12-30)29(38)26-20-32-13-14-33-26)22-39-27-5-2-1-4-25(27)28(37)34-15-19-35/h1-2,4-9,13-14,20H,3,10-12,15-19,21-22H2,(H,34,37). The topological polar surface area (TPSA) is 87.7 Å². The van der Waals surface area contributed by atoms with E-state index in [9.17, 15) is 14.0 Å². The molecule has 1 saturated heterocycles. The molecule has 1 N–H and O–H groups in total. The summed E-state index contributed by atoms with van der Waals surface area (Å²) in [5.41, 5.74) is 1.78. The third kappa shape index (κ3) is 6.78. The zero-order valence-electron chi connectivity index (χ0n) is 22.0. The Bertz CT molecular complexity index is 1260. The Kier molecular flexibility index (Phi) is 8.46. The van der Waals surface area contributed by atoms with Crippen molar-refractivity contribution in [3.63, 3.8) is 0 Å². The number of nitrogens with zero attached hydrogens (tertiary/aromatic N) is 4. The first-order valence-corrected chi connectivity index (χ1v) is 13.5. The van der Waals surface area contributed by atoms with Gasteiger partial charge in [-0.25, -0.2) is 9.37 Å². The average Bonchev–Trinajstić information content (AvgIpc) is 2.98. The first-order valence-electron chi connectivity index (χ1n) is 13.5. The van der Waals surface area contributed by atoms with Gasteiger partial charge < -0.3 is 15.0 Å². The van der Waals surface area contributed by atoms with E-state index in [1.165, 1.54) is 24.5 Å². The van der Waals surface area contributed by atoms with E-state index >= 15 is 0 Å². The fourth-order valence-electron chi connectivity index (χ4n) is 5.45. The number of halogens is 1. The van der Waals surface area contributed by atoms with Crippen LogP contribution in [-0.4, -0.2) is 70.9 Å². The van der Waals surface area contributed by atoms with Crippen LogP contribution in [0.25, 0.3) is 0 Å². The van der Waals surface area contributed by atoms with Crippen molar-refractivity contribution in [3.05, 3.63) is 89.8 Å². The smallest absolute Gasteiger partial charge is 0.274 e. The van der Waals surface area contributed by atoms with Crippen LogP contribution in [0.15, 0.2) is 67.1 Å². The van der Waals surface area contributed by atoms with Gasteiger partial charge in [0.15, 0.2) is 0 Å². The molecule has 5 rings (SSSR count). The molecule has 2 aliphatic heterocycles. The van der Waals surface area contributed by atoms with Gasteiger partial charge in [-0.15, -0.1) is 0 Å². The second-order valence-electron chi connectivity index (χ2n) is 10.4. The molecule has 1 spiro atoms. The third-order valence-electron chi connectivity index (χ3n) is 7.77. The zero-order valence-corrected chi connectivity index (χ0v) is 22.0. The largest absolute Gasteiger partial charge is 0.492 e. The number of likely N-dealkylation sites (tertiary alicyclic amines) is 1. The van der Waals surface area contributed by atoms with Gasteiger partial charge in [-0.1, -0.05) is 24.3 Å². The number of piperidine rings is 1. The van der Waals surface area contributed by atoms with Gasteiger partial charge in [-0.3, -0.25) is 19.5 Å². The average molecular weight is 532 g/mol. The summed E-state index contributed by atoms with van der Waals surface area (Å²) in [6.07, 6.45) is 8.07. The summed E-state index contributed by atoms with van der Waals surface area (Å²) in [5, 5.41) is 3.03. The summed E-state index contributed by atoms with van der Waals surface area (Å²) in [6, 6.07) is 13.9. The van der Waals surface area contributed by atoms with E-state index < -0.39 is 0 Å². The van der Waals surface area contributed by atoms with Crippen LogP contribution < -0.4 is 10.1 Å². The molecule has 0 radical (unpaired) electrons. The molecule has 2 aliphatic rings. The molecule has 3 heterocycles. The maximum absolute atomic E-state index is 13.4. The Morgan fingerprint density at radius 2 is 1.79 bits per heavy atom. The Morgan fingerprint density at radius 1 is 1.00 bits per heavy atom. The van der Waals surface area contributed by atoms with Crippen LogP contribution in [0.3, 0.4) is 0 Å². The fraction of sp³-hybridized carbons (Fsp3) is 0.400. The van der Waals surface area contributed by atoms with E-state index in [-0.39, 0.29) is 23.0 Å². The van der Waals surface area contributed by atoms with Crippen molar-refractivity contribution in [2.45, 2.75) is 32.2 Å². The first kappa shape index (κ1) is 26.7. The summed E-state index contributed by atoms with van der Waals surface area (Å²) in [4.78, 5) is 38.4. The maximum Gasteiger partial charge on any atom is 0.274 e. The van der Waals surface area contributed by atoms with Crippen molar-refractivity contribution in [3.8, 4) is 5.75 Å². The van der Waals surface area contributed by atoms with Crippen molar-refractivity contribution in [2.75, 3.05) is 39.3 Å². The molecule has 0 atom stereocenters. The number of carbonyl (C=O) groups excluding carboxylic acids is 2. The van der Waals surface area contributed by atoms with Crippen molar-refractivity contribution in [1.82, 2.24) is 25.1 Å². The maximum atomic E-state index is 13.4. The summed E-state index contributed by atoms with van der Waals surface area (Å²) in [5.74, 6) is 0.0663. The molecular formula is C30H34FN5O3. The highest BCUT2D eigenvalue weighted by molar-refractivity contribution is 5.96. The Hall–Kier alpha value is -3.85. The van der Waals surface area contributed by atoms with Crippen molar-refractivity contribution < 1.29 is 18.7 Å². The van der Waals surface area contributed by atoms with Gasteiger partial charge >= 0.3 is 0 Å². The molecule has 3 aromatic rings. The lowest BCUT2D eigenvalue weighted by molar-refractivity contribution is 0.0345. The van der Waals surface area contributed by atoms with Gasteiger partial charge in [0.05, 0.1) is 18.4 Å². The number of aromatic nitrogens is 2. The van der Waals surface area contributed by atoms with E-state index in [2.05, 4.69) is 20.2 Å². The second kappa shape index (κ2) is 12.3. The lowest BCUT2D eigenvalue weighted by atomic mass is 9.75. The van der Waals surface area contributed by atoms with E-state index in [4.69, 9.17) is 4.74 Å². The number of benzene rings is 2. The quantitative estimate of drug-likeness (QED) is 0.551. The molecule has 2 aromatic carbocycles. The van der Waals surface area contributed by atoms with E-state index in [0.717, 1.165) is 37.8 Å². The summed E-state index contributed by atoms with van der Waals surface area (Å²) in [7, 11) is 0. The molecule has 9 heteroatoms. The van der Waals surface area contributed by atoms with Gasteiger partial charge in [0.2, 0.25) is 0 Å². The van der Waals surface area contributed by atoms with Crippen LogP contribution in [0.1, 0.15) is 52.1 Å². The number of fused-ring (bicyclic) bond motifs is 1. The SMILES string of the molecule is O=C1NCCN(Cc2ccc(F)cc2)CCCC2(CCN(C(=O)c3cnccn3)CC2)COc2ccccc21. The highest BCUT2D eigenvalue weighted by Crippen LogP contribution is 2.38. The molecule has 0 aliphatic carbocycles. The van der Waals surface area contributed by atoms with Gasteiger partial charge in [0.25, 0.3) is 11.8 Å². The van der Waals surface area contributed by atoms with Gasteiger partial charge in [-0.05, 0) is 62.1 Å². The number of amides is 2. The number of ether oxygens (including phenoxy) is 1. The van der Waals surface area contributed by atoms with E-state index in [0.29, 0.717) is 56.3 Å². The van der Waals surface area contributed by atoms with Crippen LogP contribution in [-0.2, 0) is 6.54 Å². The molecule has 204 valence electrons. The number of hydrogen-bond donors (Lipinski definition) is 1. The summed E-state index contributed by atoms with van der Waals surface area (Å²) < 4.78 is 19.8. The molecule has 8 nitrogen and oxygen atoms in total. The number of nitrogens with one attached hydrogen (secondary N) is 1. The van der Waals surface area contributed by atoms with Gasteiger partial charge in [-0.2, -0.15) is 0 Å². The molecule has 0 unspecified atom stereocenters. The number of hydrogen-bond acceptors (Lipinski definition) is 6. The van der Waals surface area contributed by atoms with Crippen molar-refractivity contribution in [1.29, 1.82) is 0 Å². The van der Waals surface area contributed by atoms with Crippen LogP contribution in [0.2, 0.25) is 0 Å². The molecule has 39 heavy (non-hydrogen) atoms.